The Morgan fingerprint density at radius 1 is 1.36 bits per heavy atom. The fourth-order valence-corrected chi connectivity index (χ4v) is 0.542. The fourth-order valence-electron chi connectivity index (χ4n) is 0.542. The number of nitrogens with zero attached hydrogens (tertiary/aromatic N) is 3. The van der Waals surface area contributed by atoms with Crippen LogP contribution in [0.2, 0.25) is 0 Å². The lowest BCUT2D eigenvalue weighted by Crippen LogP contribution is -1.77. The number of aromatic nitrogens is 1. The van der Waals surface area contributed by atoms with Crippen LogP contribution < -0.4 is 0 Å². The first-order chi connectivity index (χ1) is 5.36. The zero-order valence-corrected chi connectivity index (χ0v) is 5.38. The average molecular weight is 155 g/mol. The van der Waals surface area contributed by atoms with Gasteiger partial charge in [0.05, 0.1) is 6.21 Å². The van der Waals surface area contributed by atoms with Crippen LogP contribution in [0.25, 0.3) is 0 Å². The predicted octanol–water partition coefficient (Wildman–Crippen LogP) is 0.291. The van der Waals surface area contributed by atoms with Gasteiger partial charge in [0.1, 0.15) is 11.9 Å². The molecule has 6 heteroatoms. The van der Waals surface area contributed by atoms with Gasteiger partial charge in [-0.3, -0.25) is 0 Å². The largest absolute Gasteiger partial charge is 0.411 e. The van der Waals surface area contributed by atoms with E-state index in [0.717, 1.165) is 12.4 Å². The normalized spacial score (nSPS) is 11.6. The van der Waals surface area contributed by atoms with Crippen molar-refractivity contribution in [3.8, 4) is 0 Å². The van der Waals surface area contributed by atoms with Crippen LogP contribution in [-0.2, 0) is 0 Å². The second-order valence-electron chi connectivity index (χ2n) is 1.64. The van der Waals surface area contributed by atoms with Crippen molar-refractivity contribution in [3.05, 3.63) is 17.5 Å². The number of rotatable bonds is 2. The Labute approximate surface area is 61.4 Å². The molecule has 0 saturated carbocycles. The Kier molecular flexibility index (Phi) is 2.21. The first-order valence-electron chi connectivity index (χ1n) is 2.68. The van der Waals surface area contributed by atoms with Crippen LogP contribution in [0, 0.1) is 0 Å². The first kappa shape index (κ1) is 7.26. The molecule has 2 N–H and O–H groups in total. The summed E-state index contributed by atoms with van der Waals surface area (Å²) in [6.07, 6.45) is 2.17. The molecule has 11 heavy (non-hydrogen) atoms. The van der Waals surface area contributed by atoms with Crippen LogP contribution in [0.4, 0.5) is 0 Å². The monoisotopic (exact) mass is 155 g/mol. The molecule has 0 saturated heterocycles. The second kappa shape index (κ2) is 3.35. The summed E-state index contributed by atoms with van der Waals surface area (Å²) >= 11 is 0. The Morgan fingerprint density at radius 2 is 2.09 bits per heavy atom. The van der Waals surface area contributed by atoms with Crippen molar-refractivity contribution < 1.29 is 14.9 Å². The van der Waals surface area contributed by atoms with Crippen LogP contribution in [-0.4, -0.2) is 28.0 Å². The molecule has 0 spiro atoms. The smallest absolute Gasteiger partial charge is 0.181 e. The van der Waals surface area contributed by atoms with E-state index in [1.807, 2.05) is 0 Å². The molecule has 0 radical (unpaired) electrons. The third-order valence-corrected chi connectivity index (χ3v) is 0.922. The lowest BCUT2D eigenvalue weighted by Gasteiger charge is -1.72. The highest BCUT2D eigenvalue weighted by Gasteiger charge is 1.97. The maximum Gasteiger partial charge on any atom is 0.181 e. The summed E-state index contributed by atoms with van der Waals surface area (Å²) in [6.45, 7) is 0. The number of oxime groups is 2. The molecule has 0 amide bonds. The summed E-state index contributed by atoms with van der Waals surface area (Å²) < 4.78 is 4.60. The standard InChI is InChI=1S/C5H5N3O3/c9-6-2-4-1-5(3-7-10)11-8-4/h1-3,9-10H/b6-2+,7-3+. The molecule has 6 nitrogen and oxygen atoms in total. The molecule has 1 aromatic heterocycles. The van der Waals surface area contributed by atoms with Crippen molar-refractivity contribution in [3.63, 3.8) is 0 Å². The molecule has 0 fully saturated rings. The molecule has 1 rings (SSSR count). The minimum atomic E-state index is 0.280. The summed E-state index contributed by atoms with van der Waals surface area (Å²) in [5, 5.41) is 25.0. The lowest BCUT2D eigenvalue weighted by molar-refractivity contribution is 0.318. The summed E-state index contributed by atoms with van der Waals surface area (Å²) in [7, 11) is 0. The molecule has 1 heterocycles. The zero-order valence-electron chi connectivity index (χ0n) is 5.38. The molecule has 0 unspecified atom stereocenters. The van der Waals surface area contributed by atoms with E-state index in [1.54, 1.807) is 0 Å². The highest BCUT2D eigenvalue weighted by atomic mass is 16.5. The molecule has 58 valence electrons. The summed E-state index contributed by atoms with van der Waals surface area (Å²) in [4.78, 5) is 0. The minimum Gasteiger partial charge on any atom is -0.411 e. The van der Waals surface area contributed by atoms with Crippen molar-refractivity contribution in [2.75, 3.05) is 0 Å². The van der Waals surface area contributed by atoms with Crippen LogP contribution in [0.5, 0.6) is 0 Å². The van der Waals surface area contributed by atoms with E-state index in [-0.39, 0.29) is 5.76 Å². The molecule has 0 aromatic carbocycles. The maximum atomic E-state index is 8.06. The van der Waals surface area contributed by atoms with Gasteiger partial charge in [0.2, 0.25) is 0 Å². The van der Waals surface area contributed by atoms with E-state index < -0.39 is 0 Å². The van der Waals surface area contributed by atoms with Crippen molar-refractivity contribution >= 4 is 12.4 Å². The lowest BCUT2D eigenvalue weighted by atomic mass is 10.4. The van der Waals surface area contributed by atoms with Gasteiger partial charge in [-0.25, -0.2) is 0 Å². The fraction of sp³-hybridized carbons (Fsp3) is 0. The quantitative estimate of drug-likeness (QED) is 0.364. The molecule has 0 aliphatic rings. The van der Waals surface area contributed by atoms with Gasteiger partial charge in [0.15, 0.2) is 5.76 Å². The minimum absolute atomic E-state index is 0.280. The highest BCUT2D eigenvalue weighted by Crippen LogP contribution is 1.97. The van der Waals surface area contributed by atoms with Crippen molar-refractivity contribution in [2.24, 2.45) is 10.3 Å². The van der Waals surface area contributed by atoms with Gasteiger partial charge < -0.3 is 14.9 Å². The SMILES string of the molecule is O/N=C/c1cc(/C=N/O)on1. The van der Waals surface area contributed by atoms with E-state index in [1.165, 1.54) is 6.07 Å². The van der Waals surface area contributed by atoms with Gasteiger partial charge in [0, 0.05) is 6.07 Å². The summed E-state index contributed by atoms with van der Waals surface area (Å²) in [6, 6.07) is 1.44. The molecular formula is C5H5N3O3. The Morgan fingerprint density at radius 3 is 2.73 bits per heavy atom. The van der Waals surface area contributed by atoms with E-state index in [2.05, 4.69) is 20.0 Å². The van der Waals surface area contributed by atoms with Crippen LogP contribution in [0.15, 0.2) is 20.9 Å². The highest BCUT2D eigenvalue weighted by molar-refractivity contribution is 5.81. The molecule has 0 bridgehead atoms. The van der Waals surface area contributed by atoms with Crippen LogP contribution in [0.1, 0.15) is 11.5 Å². The van der Waals surface area contributed by atoms with E-state index in [4.69, 9.17) is 10.4 Å². The van der Waals surface area contributed by atoms with Gasteiger partial charge in [-0.2, -0.15) is 0 Å². The van der Waals surface area contributed by atoms with Gasteiger partial charge >= 0.3 is 0 Å². The maximum absolute atomic E-state index is 8.06. The third-order valence-electron chi connectivity index (χ3n) is 0.922. The van der Waals surface area contributed by atoms with E-state index in [0.29, 0.717) is 5.69 Å². The van der Waals surface area contributed by atoms with Gasteiger partial charge in [-0.1, -0.05) is 15.5 Å². The van der Waals surface area contributed by atoms with Gasteiger partial charge in [-0.15, -0.1) is 0 Å². The zero-order chi connectivity index (χ0) is 8.10. The number of hydrogen-bond acceptors (Lipinski definition) is 6. The van der Waals surface area contributed by atoms with Crippen molar-refractivity contribution in [1.82, 2.24) is 5.16 Å². The van der Waals surface area contributed by atoms with Gasteiger partial charge in [0.25, 0.3) is 0 Å². The van der Waals surface area contributed by atoms with Crippen molar-refractivity contribution in [1.29, 1.82) is 0 Å². The Hall–Kier alpha value is -1.85. The van der Waals surface area contributed by atoms with Gasteiger partial charge in [-0.05, 0) is 0 Å². The number of hydrogen-bond donors (Lipinski definition) is 2. The Balaban J connectivity index is 2.81. The summed E-state index contributed by atoms with van der Waals surface area (Å²) in [5.74, 6) is 0.280. The Bertz CT molecular complexity index is 252. The van der Waals surface area contributed by atoms with Crippen LogP contribution in [0.3, 0.4) is 0 Å². The molecule has 0 aliphatic carbocycles. The van der Waals surface area contributed by atoms with Crippen molar-refractivity contribution in [2.45, 2.75) is 0 Å². The average Bonchev–Trinajstić information content (AvgIpc) is 2.38. The first-order valence-corrected chi connectivity index (χ1v) is 2.68. The van der Waals surface area contributed by atoms with E-state index in [9.17, 15) is 0 Å². The van der Waals surface area contributed by atoms with E-state index >= 15 is 0 Å². The molecule has 0 atom stereocenters. The van der Waals surface area contributed by atoms with Crippen LogP contribution >= 0.6 is 0 Å². The topological polar surface area (TPSA) is 91.2 Å². The summed E-state index contributed by atoms with van der Waals surface area (Å²) in [5.41, 5.74) is 0.349. The molecule has 1 aromatic rings. The molecule has 0 aliphatic heterocycles. The molecular weight excluding hydrogens is 150 g/mol. The third kappa shape index (κ3) is 1.78. The predicted molar refractivity (Wildman–Crippen MR) is 35.3 cm³/mol. The second-order valence-corrected chi connectivity index (χ2v) is 1.64.